The molecule has 0 aliphatic rings. The van der Waals surface area contributed by atoms with Gasteiger partial charge in [-0.25, -0.2) is 4.68 Å². The number of nitrogens with zero attached hydrogens (tertiary/aromatic N) is 2. The summed E-state index contributed by atoms with van der Waals surface area (Å²) in [4.78, 5) is 1.22. The van der Waals surface area contributed by atoms with E-state index < -0.39 is 8.07 Å². The lowest BCUT2D eigenvalue weighted by Crippen LogP contribution is -2.22. The van der Waals surface area contributed by atoms with E-state index in [4.69, 9.17) is 4.74 Å². The van der Waals surface area contributed by atoms with E-state index in [0.717, 1.165) is 11.6 Å². The molecule has 0 N–H and O–H groups in total. The molecule has 0 radical (unpaired) electrons. The Kier molecular flexibility index (Phi) is 5.45. The molecule has 3 nitrogen and oxygen atoms in total. The third kappa shape index (κ3) is 5.15. The third-order valence-electron chi connectivity index (χ3n) is 2.85. The van der Waals surface area contributed by atoms with Crippen molar-refractivity contribution < 1.29 is 4.74 Å². The van der Waals surface area contributed by atoms with Gasteiger partial charge in [0.2, 0.25) is 0 Å². The van der Waals surface area contributed by atoms with Crippen molar-refractivity contribution >= 4 is 19.8 Å². The largest absolute Gasteiger partial charge is 0.359 e. The molecule has 0 atom stereocenters. The smallest absolute Gasteiger partial charge is 0.140 e. The van der Waals surface area contributed by atoms with Gasteiger partial charge in [0.15, 0.2) is 0 Å². The fourth-order valence-electron chi connectivity index (χ4n) is 1.64. The molecule has 1 heterocycles. The molecular formula is C15H22N2OSSi. The van der Waals surface area contributed by atoms with Gasteiger partial charge in [0, 0.05) is 19.6 Å². The summed E-state index contributed by atoms with van der Waals surface area (Å²) in [5, 5.41) is 5.44. The van der Waals surface area contributed by atoms with Crippen LogP contribution in [0.4, 0.5) is 0 Å². The van der Waals surface area contributed by atoms with Crippen molar-refractivity contribution in [3.05, 3.63) is 42.6 Å². The Hall–Kier alpha value is -1.04. The van der Waals surface area contributed by atoms with Crippen LogP contribution in [0, 0.1) is 0 Å². The molecule has 108 valence electrons. The summed E-state index contributed by atoms with van der Waals surface area (Å²) in [7, 11) is -1.01. The van der Waals surface area contributed by atoms with Gasteiger partial charge in [-0.05, 0) is 24.2 Å². The Morgan fingerprint density at radius 1 is 1.15 bits per heavy atom. The lowest BCUT2D eigenvalue weighted by Gasteiger charge is -2.15. The molecule has 0 amide bonds. The molecule has 0 spiro atoms. The van der Waals surface area contributed by atoms with Crippen LogP contribution in [-0.2, 0) is 11.5 Å². The maximum absolute atomic E-state index is 5.75. The van der Waals surface area contributed by atoms with Gasteiger partial charge in [-0.3, -0.25) is 0 Å². The van der Waals surface area contributed by atoms with Crippen molar-refractivity contribution in [3.8, 4) is 0 Å². The zero-order valence-electron chi connectivity index (χ0n) is 12.4. The highest BCUT2D eigenvalue weighted by atomic mass is 32.2. The van der Waals surface area contributed by atoms with Gasteiger partial charge in [0.05, 0.1) is 6.20 Å². The van der Waals surface area contributed by atoms with E-state index in [1.807, 2.05) is 35.1 Å². The molecule has 0 fully saturated rings. The van der Waals surface area contributed by atoms with E-state index >= 15 is 0 Å². The Labute approximate surface area is 126 Å². The summed E-state index contributed by atoms with van der Waals surface area (Å²) in [5.41, 5.74) is 0. The summed E-state index contributed by atoms with van der Waals surface area (Å²) >= 11 is 1.71. The van der Waals surface area contributed by atoms with Gasteiger partial charge in [0.1, 0.15) is 11.8 Å². The maximum atomic E-state index is 5.75. The van der Waals surface area contributed by atoms with Crippen LogP contribution in [-0.4, -0.2) is 24.5 Å². The van der Waals surface area contributed by atoms with E-state index in [2.05, 4.69) is 36.9 Å². The first-order valence-electron chi connectivity index (χ1n) is 6.87. The second-order valence-electron chi connectivity index (χ2n) is 5.93. The molecule has 0 saturated carbocycles. The molecule has 0 bridgehead atoms. The van der Waals surface area contributed by atoms with Crippen LogP contribution in [0.2, 0.25) is 25.7 Å². The maximum Gasteiger partial charge on any atom is 0.140 e. The van der Waals surface area contributed by atoms with E-state index in [9.17, 15) is 0 Å². The number of benzene rings is 1. The molecule has 20 heavy (non-hydrogen) atoms. The number of rotatable bonds is 7. The average molecular weight is 307 g/mol. The summed E-state index contributed by atoms with van der Waals surface area (Å²) in [5.74, 6) is 0. The summed E-state index contributed by atoms with van der Waals surface area (Å²) in [6.07, 6.45) is 1.83. The second-order valence-corrected chi connectivity index (χ2v) is 12.6. The molecule has 1 aromatic carbocycles. The molecule has 0 saturated heterocycles. The lowest BCUT2D eigenvalue weighted by molar-refractivity contribution is 0.0726. The highest BCUT2D eigenvalue weighted by molar-refractivity contribution is 7.99. The SMILES string of the molecule is C[Si](C)(C)CCOCn1nccc1Sc1ccccc1. The molecule has 0 aliphatic carbocycles. The van der Waals surface area contributed by atoms with Crippen LogP contribution in [0.15, 0.2) is 52.5 Å². The van der Waals surface area contributed by atoms with Crippen LogP contribution in [0.5, 0.6) is 0 Å². The molecular weight excluding hydrogens is 284 g/mol. The minimum absolute atomic E-state index is 0.534. The van der Waals surface area contributed by atoms with Gasteiger partial charge < -0.3 is 4.74 Å². The van der Waals surface area contributed by atoms with Crippen LogP contribution >= 0.6 is 11.8 Å². The predicted octanol–water partition coefficient (Wildman–Crippen LogP) is 4.35. The summed E-state index contributed by atoms with van der Waals surface area (Å²) in [6.45, 7) is 8.44. The average Bonchev–Trinajstić information content (AvgIpc) is 2.82. The molecule has 2 aromatic rings. The van der Waals surface area contributed by atoms with Gasteiger partial charge in [-0.1, -0.05) is 49.6 Å². The van der Waals surface area contributed by atoms with Gasteiger partial charge in [0.25, 0.3) is 0 Å². The number of aromatic nitrogens is 2. The van der Waals surface area contributed by atoms with Crippen molar-refractivity contribution in [2.75, 3.05) is 6.61 Å². The molecule has 2 rings (SSSR count). The topological polar surface area (TPSA) is 27.1 Å². The Bertz CT molecular complexity index is 522. The van der Waals surface area contributed by atoms with Crippen LogP contribution in [0.3, 0.4) is 0 Å². The molecule has 0 unspecified atom stereocenters. The zero-order chi connectivity index (χ0) is 14.4. The minimum atomic E-state index is -1.01. The Balaban J connectivity index is 1.86. The van der Waals surface area contributed by atoms with Crippen molar-refractivity contribution in [3.63, 3.8) is 0 Å². The third-order valence-corrected chi connectivity index (χ3v) is 5.62. The molecule has 5 heteroatoms. The first-order valence-corrected chi connectivity index (χ1v) is 11.4. The van der Waals surface area contributed by atoms with E-state index in [1.54, 1.807) is 11.8 Å². The standard InChI is InChI=1S/C15H22N2OSSi/c1-20(2,3)12-11-18-13-17-15(9-10-16-17)19-14-7-5-4-6-8-14/h4-10H,11-13H2,1-3H3. The number of hydrogen-bond acceptors (Lipinski definition) is 3. The Morgan fingerprint density at radius 3 is 2.60 bits per heavy atom. The van der Waals surface area contributed by atoms with Crippen LogP contribution < -0.4 is 0 Å². The zero-order valence-corrected chi connectivity index (χ0v) is 14.2. The lowest BCUT2D eigenvalue weighted by atomic mass is 10.4. The Morgan fingerprint density at radius 2 is 1.90 bits per heavy atom. The highest BCUT2D eigenvalue weighted by Crippen LogP contribution is 2.26. The van der Waals surface area contributed by atoms with Gasteiger partial charge in [-0.15, -0.1) is 0 Å². The fraction of sp³-hybridized carbons (Fsp3) is 0.400. The summed E-state index contributed by atoms with van der Waals surface area (Å²) in [6, 6.07) is 13.6. The van der Waals surface area contributed by atoms with E-state index in [-0.39, 0.29) is 0 Å². The van der Waals surface area contributed by atoms with E-state index in [0.29, 0.717) is 6.73 Å². The first-order chi connectivity index (χ1) is 9.54. The van der Waals surface area contributed by atoms with Gasteiger partial charge >= 0.3 is 0 Å². The summed E-state index contributed by atoms with van der Waals surface area (Å²) < 4.78 is 7.67. The normalized spacial score (nSPS) is 11.8. The van der Waals surface area contributed by atoms with Crippen molar-refractivity contribution in [2.24, 2.45) is 0 Å². The van der Waals surface area contributed by atoms with Crippen molar-refractivity contribution in [1.82, 2.24) is 9.78 Å². The molecule has 0 aliphatic heterocycles. The van der Waals surface area contributed by atoms with Crippen LogP contribution in [0.1, 0.15) is 0 Å². The quantitative estimate of drug-likeness (QED) is 0.562. The fourth-order valence-corrected chi connectivity index (χ4v) is 3.27. The van der Waals surface area contributed by atoms with Crippen molar-refractivity contribution in [1.29, 1.82) is 0 Å². The van der Waals surface area contributed by atoms with E-state index in [1.165, 1.54) is 10.9 Å². The number of ether oxygens (including phenoxy) is 1. The van der Waals surface area contributed by atoms with Crippen molar-refractivity contribution in [2.45, 2.75) is 42.3 Å². The number of hydrogen-bond donors (Lipinski definition) is 0. The van der Waals surface area contributed by atoms with Crippen LogP contribution in [0.25, 0.3) is 0 Å². The first kappa shape index (κ1) is 15.3. The second kappa shape index (κ2) is 7.11. The highest BCUT2D eigenvalue weighted by Gasteiger charge is 2.12. The van der Waals surface area contributed by atoms with Gasteiger partial charge in [-0.2, -0.15) is 5.10 Å². The predicted molar refractivity (Wildman–Crippen MR) is 86.9 cm³/mol. The monoisotopic (exact) mass is 306 g/mol. The minimum Gasteiger partial charge on any atom is -0.359 e. The molecule has 1 aromatic heterocycles.